The lowest BCUT2D eigenvalue weighted by Crippen LogP contribution is -2.47. The number of carbonyl (C=O) groups excluding carboxylic acids is 2. The Morgan fingerprint density at radius 2 is 1.88 bits per heavy atom. The maximum Gasteiger partial charge on any atom is 0.255 e. The van der Waals surface area contributed by atoms with Gasteiger partial charge in [-0.1, -0.05) is 35.3 Å². The van der Waals surface area contributed by atoms with Crippen LogP contribution < -0.4 is 20.7 Å². The molecule has 2 aromatic carbocycles. The van der Waals surface area contributed by atoms with Crippen LogP contribution in [0.1, 0.15) is 28.8 Å². The zero-order valence-electron chi connectivity index (χ0n) is 17.5. The molecule has 0 aliphatic rings. The summed E-state index contributed by atoms with van der Waals surface area (Å²) in [5.41, 5.74) is 1.01. The maximum absolute atomic E-state index is 12.9. The van der Waals surface area contributed by atoms with Crippen molar-refractivity contribution in [3.63, 3.8) is 0 Å². The lowest BCUT2D eigenvalue weighted by atomic mass is 10.1. The van der Waals surface area contributed by atoms with Gasteiger partial charge in [-0.2, -0.15) is 0 Å². The van der Waals surface area contributed by atoms with Crippen molar-refractivity contribution in [2.45, 2.75) is 25.4 Å². The van der Waals surface area contributed by atoms with Crippen LogP contribution in [0, 0.1) is 5.41 Å². The number of amides is 2. The molecule has 0 aliphatic heterocycles. The molecule has 10 heteroatoms. The summed E-state index contributed by atoms with van der Waals surface area (Å²) >= 11 is 12.0. The van der Waals surface area contributed by atoms with E-state index in [4.69, 9.17) is 33.3 Å². The Morgan fingerprint density at radius 3 is 2.56 bits per heavy atom. The van der Waals surface area contributed by atoms with Gasteiger partial charge in [0.2, 0.25) is 5.91 Å². The SMILES string of the molecule is COc1ccc(Cl)cc1C(=O)N[C@@H](CCCNC(=N)CF)C(=O)NCc1cccc(Cl)c1. The summed E-state index contributed by atoms with van der Waals surface area (Å²) in [7, 11) is 1.43. The van der Waals surface area contributed by atoms with Gasteiger partial charge < -0.3 is 20.7 Å². The molecule has 0 spiro atoms. The predicted octanol–water partition coefficient (Wildman–Crippen LogP) is 3.73. The topological polar surface area (TPSA) is 103 Å². The monoisotopic (exact) mass is 482 g/mol. The molecule has 0 radical (unpaired) electrons. The smallest absolute Gasteiger partial charge is 0.255 e. The van der Waals surface area contributed by atoms with E-state index in [-0.39, 0.29) is 36.8 Å². The highest BCUT2D eigenvalue weighted by molar-refractivity contribution is 6.31. The third-order valence-corrected chi connectivity index (χ3v) is 5.00. The highest BCUT2D eigenvalue weighted by Gasteiger charge is 2.23. The van der Waals surface area contributed by atoms with Gasteiger partial charge in [-0.05, 0) is 48.7 Å². The first-order valence-electron chi connectivity index (χ1n) is 9.88. The number of benzene rings is 2. The fraction of sp³-hybridized carbons (Fsp3) is 0.318. The van der Waals surface area contributed by atoms with Gasteiger partial charge in [-0.25, -0.2) is 4.39 Å². The normalized spacial score (nSPS) is 11.4. The molecule has 32 heavy (non-hydrogen) atoms. The lowest BCUT2D eigenvalue weighted by molar-refractivity contribution is -0.123. The molecule has 0 fully saturated rings. The minimum Gasteiger partial charge on any atom is -0.496 e. The van der Waals surface area contributed by atoms with Gasteiger partial charge in [0.25, 0.3) is 5.91 Å². The third-order valence-electron chi connectivity index (χ3n) is 4.53. The summed E-state index contributed by atoms with van der Waals surface area (Å²) < 4.78 is 17.6. The summed E-state index contributed by atoms with van der Waals surface area (Å²) in [6, 6.07) is 10.8. The van der Waals surface area contributed by atoms with Crippen LogP contribution in [0.2, 0.25) is 10.0 Å². The molecule has 0 saturated carbocycles. The minimum absolute atomic E-state index is 0.199. The molecule has 7 nitrogen and oxygen atoms in total. The van der Waals surface area contributed by atoms with E-state index in [0.717, 1.165) is 5.56 Å². The molecule has 0 saturated heterocycles. The number of carbonyl (C=O) groups is 2. The zero-order valence-corrected chi connectivity index (χ0v) is 19.0. The van der Waals surface area contributed by atoms with E-state index in [1.165, 1.54) is 13.2 Å². The molecular formula is C22H25Cl2FN4O3. The van der Waals surface area contributed by atoms with E-state index < -0.39 is 18.6 Å². The van der Waals surface area contributed by atoms with Gasteiger partial charge in [0.15, 0.2) is 0 Å². The average Bonchev–Trinajstić information content (AvgIpc) is 2.79. The molecule has 0 bridgehead atoms. The van der Waals surface area contributed by atoms with Crippen molar-refractivity contribution in [1.82, 2.24) is 16.0 Å². The number of nitrogens with one attached hydrogen (secondary N) is 4. The zero-order chi connectivity index (χ0) is 23.5. The second kappa shape index (κ2) is 12.9. The maximum atomic E-state index is 12.9. The molecule has 0 aromatic heterocycles. The van der Waals surface area contributed by atoms with Gasteiger partial charge in [0.1, 0.15) is 24.3 Å². The van der Waals surface area contributed by atoms with Crippen LogP contribution in [0.4, 0.5) is 4.39 Å². The van der Waals surface area contributed by atoms with Crippen LogP contribution in [-0.4, -0.2) is 44.0 Å². The van der Waals surface area contributed by atoms with Gasteiger partial charge in [0.05, 0.1) is 12.7 Å². The Bertz CT molecular complexity index is 959. The summed E-state index contributed by atoms with van der Waals surface area (Å²) in [6.45, 7) is -0.372. The standard InChI is InChI=1S/C22H25Cl2FN4O3/c1-32-19-8-7-16(24)11-17(19)21(30)29-18(6-3-9-27-20(26)12-25)22(31)28-13-14-4-2-5-15(23)10-14/h2,4-5,7-8,10-11,18H,3,6,9,12-13H2,1H3,(H2,26,27)(H,28,31)(H,29,30)/t18-/m0/s1. The van der Waals surface area contributed by atoms with E-state index in [0.29, 0.717) is 22.2 Å². The van der Waals surface area contributed by atoms with Crippen molar-refractivity contribution in [3.8, 4) is 5.75 Å². The van der Waals surface area contributed by atoms with Crippen LogP contribution in [0.25, 0.3) is 0 Å². The van der Waals surface area contributed by atoms with Crippen LogP contribution in [0.5, 0.6) is 5.75 Å². The van der Waals surface area contributed by atoms with Crippen LogP contribution in [0.3, 0.4) is 0 Å². The molecule has 2 rings (SSSR count). The van der Waals surface area contributed by atoms with Crippen molar-refractivity contribution >= 4 is 40.9 Å². The summed E-state index contributed by atoms with van der Waals surface area (Å²) in [6.07, 6.45) is 0.688. The predicted molar refractivity (Wildman–Crippen MR) is 123 cm³/mol. The number of rotatable bonds is 11. The number of hydrogen-bond donors (Lipinski definition) is 4. The van der Waals surface area contributed by atoms with E-state index in [2.05, 4.69) is 16.0 Å². The van der Waals surface area contributed by atoms with Crippen LogP contribution in [0.15, 0.2) is 42.5 Å². The van der Waals surface area contributed by atoms with E-state index in [1.54, 1.807) is 30.3 Å². The van der Waals surface area contributed by atoms with Crippen molar-refractivity contribution in [1.29, 1.82) is 5.41 Å². The summed E-state index contributed by atoms with van der Waals surface area (Å²) in [5.74, 6) is -0.820. The highest BCUT2D eigenvalue weighted by Crippen LogP contribution is 2.22. The average molecular weight is 483 g/mol. The number of alkyl halides is 1. The Hall–Kier alpha value is -2.84. The first-order valence-corrected chi connectivity index (χ1v) is 10.6. The van der Waals surface area contributed by atoms with Gasteiger partial charge in [-0.15, -0.1) is 0 Å². The molecule has 4 N–H and O–H groups in total. The van der Waals surface area contributed by atoms with Gasteiger partial charge in [0, 0.05) is 23.1 Å². The molecule has 0 heterocycles. The summed E-state index contributed by atoms with van der Waals surface area (Å²) in [5, 5.41) is 16.3. The number of ether oxygens (including phenoxy) is 1. The van der Waals surface area contributed by atoms with E-state index >= 15 is 0 Å². The van der Waals surface area contributed by atoms with Gasteiger partial charge >= 0.3 is 0 Å². The number of hydrogen-bond acceptors (Lipinski definition) is 4. The van der Waals surface area contributed by atoms with Crippen LogP contribution in [-0.2, 0) is 11.3 Å². The molecule has 2 aromatic rings. The molecule has 1 atom stereocenters. The second-order valence-electron chi connectivity index (χ2n) is 6.90. The number of halogens is 3. The fourth-order valence-electron chi connectivity index (χ4n) is 2.91. The summed E-state index contributed by atoms with van der Waals surface area (Å²) in [4.78, 5) is 25.7. The molecule has 172 valence electrons. The molecule has 2 amide bonds. The largest absolute Gasteiger partial charge is 0.496 e. The molecular weight excluding hydrogens is 458 g/mol. The van der Waals surface area contributed by atoms with Crippen molar-refractivity contribution in [2.75, 3.05) is 20.3 Å². The van der Waals surface area contributed by atoms with E-state index in [1.807, 2.05) is 6.07 Å². The third kappa shape index (κ3) is 8.01. The van der Waals surface area contributed by atoms with Crippen molar-refractivity contribution in [2.24, 2.45) is 0 Å². The first-order chi connectivity index (χ1) is 15.3. The van der Waals surface area contributed by atoms with Crippen molar-refractivity contribution < 1.29 is 18.7 Å². The van der Waals surface area contributed by atoms with Gasteiger partial charge in [-0.3, -0.25) is 15.0 Å². The molecule has 0 unspecified atom stereocenters. The Labute approximate surface area is 196 Å². The quantitative estimate of drug-likeness (QED) is 0.222. The molecule has 0 aliphatic carbocycles. The number of methoxy groups -OCH3 is 1. The Balaban J connectivity index is 2.08. The Kier molecular flexibility index (Phi) is 10.2. The second-order valence-corrected chi connectivity index (χ2v) is 7.77. The Morgan fingerprint density at radius 1 is 1.12 bits per heavy atom. The van der Waals surface area contributed by atoms with Crippen LogP contribution >= 0.6 is 23.2 Å². The number of amidine groups is 1. The van der Waals surface area contributed by atoms with Crippen molar-refractivity contribution in [3.05, 3.63) is 63.6 Å². The fourth-order valence-corrected chi connectivity index (χ4v) is 3.30. The minimum atomic E-state index is -0.894. The first kappa shape index (κ1) is 25.4. The lowest BCUT2D eigenvalue weighted by Gasteiger charge is -2.20. The highest BCUT2D eigenvalue weighted by atomic mass is 35.5. The van der Waals surface area contributed by atoms with E-state index in [9.17, 15) is 14.0 Å².